The largest absolute Gasteiger partial charge is 0.319 e. The van der Waals surface area contributed by atoms with Crippen molar-refractivity contribution in [2.45, 2.75) is 0 Å². The summed E-state index contributed by atoms with van der Waals surface area (Å²) < 4.78 is 14.7. The molecule has 0 radical (unpaired) electrons. The number of carbonyl (C=O) groups is 1. The van der Waals surface area contributed by atoms with Crippen LogP contribution >= 0.6 is 0 Å². The molecule has 23 heavy (non-hydrogen) atoms. The number of aromatic nitrogens is 3. The molecule has 0 spiro atoms. The Labute approximate surface area is 130 Å². The second kappa shape index (κ2) is 5.17. The van der Waals surface area contributed by atoms with Crippen LogP contribution in [0.1, 0.15) is 10.5 Å². The number of anilines is 1. The first-order valence-corrected chi connectivity index (χ1v) is 7.00. The number of nitrogens with one attached hydrogen (secondary N) is 1. The molecule has 1 N–H and O–H groups in total. The van der Waals surface area contributed by atoms with Crippen LogP contribution in [0, 0.1) is 5.82 Å². The molecule has 112 valence electrons. The summed E-state index contributed by atoms with van der Waals surface area (Å²) in [5.74, 6) is -0.757. The van der Waals surface area contributed by atoms with Crippen LogP contribution in [0.3, 0.4) is 0 Å². The monoisotopic (exact) mass is 306 g/mol. The number of para-hydroxylation sites is 1. The van der Waals surface area contributed by atoms with E-state index < -0.39 is 0 Å². The van der Waals surface area contributed by atoms with Gasteiger partial charge in [-0.15, -0.1) is 0 Å². The van der Waals surface area contributed by atoms with Crippen LogP contribution in [-0.2, 0) is 0 Å². The molecular formula is C17H11FN4O. The van der Waals surface area contributed by atoms with Crippen molar-refractivity contribution in [1.82, 2.24) is 14.4 Å². The lowest BCUT2D eigenvalue weighted by molar-refractivity contribution is 0.102. The van der Waals surface area contributed by atoms with Gasteiger partial charge in [-0.1, -0.05) is 18.2 Å². The molecule has 0 aliphatic carbocycles. The Bertz CT molecular complexity index is 1040. The van der Waals surface area contributed by atoms with Gasteiger partial charge in [0.25, 0.3) is 5.91 Å². The topological polar surface area (TPSA) is 59.3 Å². The lowest BCUT2D eigenvalue weighted by atomic mass is 10.2. The molecule has 4 aromatic rings. The van der Waals surface area contributed by atoms with Gasteiger partial charge in [0, 0.05) is 24.0 Å². The van der Waals surface area contributed by atoms with E-state index in [1.54, 1.807) is 12.3 Å². The van der Waals surface area contributed by atoms with Gasteiger partial charge in [-0.25, -0.2) is 9.37 Å². The predicted molar refractivity (Wildman–Crippen MR) is 84.8 cm³/mol. The molecule has 1 aromatic carbocycles. The van der Waals surface area contributed by atoms with Gasteiger partial charge in [0.1, 0.15) is 17.2 Å². The fourth-order valence-corrected chi connectivity index (χ4v) is 2.47. The highest BCUT2D eigenvalue weighted by Gasteiger charge is 2.13. The summed E-state index contributed by atoms with van der Waals surface area (Å²) in [6.45, 7) is 0. The predicted octanol–water partition coefficient (Wildman–Crippen LogP) is 3.27. The fraction of sp³-hybridized carbons (Fsp3) is 0. The van der Waals surface area contributed by atoms with E-state index in [1.165, 1.54) is 28.9 Å². The molecule has 0 fully saturated rings. The second-order valence-electron chi connectivity index (χ2n) is 5.07. The van der Waals surface area contributed by atoms with Gasteiger partial charge < -0.3 is 9.72 Å². The average molecular weight is 306 g/mol. The van der Waals surface area contributed by atoms with Crippen molar-refractivity contribution in [3.05, 3.63) is 72.6 Å². The molecule has 1 amide bonds. The molecule has 3 heterocycles. The van der Waals surface area contributed by atoms with Crippen LogP contribution in [-0.4, -0.2) is 20.3 Å². The summed E-state index contributed by atoms with van der Waals surface area (Å²) in [5.41, 5.74) is 2.03. The van der Waals surface area contributed by atoms with Crippen molar-refractivity contribution in [1.29, 1.82) is 0 Å². The minimum Gasteiger partial charge on any atom is -0.319 e. The summed E-state index contributed by atoms with van der Waals surface area (Å²) >= 11 is 0. The van der Waals surface area contributed by atoms with E-state index >= 15 is 0 Å². The second-order valence-corrected chi connectivity index (χ2v) is 5.07. The highest BCUT2D eigenvalue weighted by molar-refractivity contribution is 6.07. The Morgan fingerprint density at radius 3 is 2.87 bits per heavy atom. The van der Waals surface area contributed by atoms with Crippen molar-refractivity contribution in [2.24, 2.45) is 0 Å². The Kier molecular flexibility index (Phi) is 3.01. The number of benzene rings is 1. The Morgan fingerprint density at radius 2 is 1.96 bits per heavy atom. The summed E-state index contributed by atoms with van der Waals surface area (Å²) in [6.07, 6.45) is 4.44. The number of pyridine rings is 2. The van der Waals surface area contributed by atoms with Crippen LogP contribution < -0.4 is 5.32 Å². The van der Waals surface area contributed by atoms with Crippen LogP contribution in [0.15, 0.2) is 61.1 Å². The van der Waals surface area contributed by atoms with E-state index in [9.17, 15) is 9.18 Å². The molecule has 0 saturated heterocycles. The standard InChI is InChI=1S/C17H11FN4O/c18-12-6-7-15-20-14(10-22(15)9-12)17(23)21-13-5-1-3-11-4-2-8-19-16(11)13/h1-10H,(H,21,23). The smallest absolute Gasteiger partial charge is 0.275 e. The quantitative estimate of drug-likeness (QED) is 0.618. The molecule has 0 atom stereocenters. The van der Waals surface area contributed by atoms with Crippen LogP contribution in [0.4, 0.5) is 10.1 Å². The van der Waals surface area contributed by atoms with Crippen molar-refractivity contribution < 1.29 is 9.18 Å². The molecule has 0 aliphatic rings. The first-order chi connectivity index (χ1) is 11.2. The fourth-order valence-electron chi connectivity index (χ4n) is 2.47. The normalized spacial score (nSPS) is 11.0. The van der Waals surface area contributed by atoms with E-state index in [0.29, 0.717) is 16.9 Å². The number of rotatable bonds is 2. The molecule has 6 heteroatoms. The van der Waals surface area contributed by atoms with Crippen molar-refractivity contribution in [2.75, 3.05) is 5.32 Å². The van der Waals surface area contributed by atoms with E-state index in [1.807, 2.05) is 24.3 Å². The number of imidazole rings is 1. The molecule has 0 bridgehead atoms. The molecule has 3 aromatic heterocycles. The van der Waals surface area contributed by atoms with Gasteiger partial charge in [0.2, 0.25) is 0 Å². The molecule has 5 nitrogen and oxygen atoms in total. The van der Waals surface area contributed by atoms with E-state index in [-0.39, 0.29) is 17.4 Å². The molecular weight excluding hydrogens is 295 g/mol. The highest BCUT2D eigenvalue weighted by atomic mass is 19.1. The summed E-state index contributed by atoms with van der Waals surface area (Å²) in [5, 5.41) is 3.74. The Morgan fingerprint density at radius 1 is 1.09 bits per heavy atom. The van der Waals surface area contributed by atoms with Gasteiger partial charge in [0.05, 0.1) is 11.2 Å². The number of halogens is 1. The van der Waals surface area contributed by atoms with Gasteiger partial charge in [0.15, 0.2) is 0 Å². The molecule has 0 saturated carbocycles. The van der Waals surface area contributed by atoms with Crippen molar-refractivity contribution in [3.63, 3.8) is 0 Å². The van der Waals surface area contributed by atoms with E-state index in [2.05, 4.69) is 15.3 Å². The Hall–Kier alpha value is -3.28. The average Bonchev–Trinajstić information content (AvgIpc) is 2.98. The summed E-state index contributed by atoms with van der Waals surface area (Å²) in [4.78, 5) is 20.9. The van der Waals surface area contributed by atoms with Gasteiger partial charge in [-0.3, -0.25) is 9.78 Å². The number of hydrogen-bond acceptors (Lipinski definition) is 3. The number of fused-ring (bicyclic) bond motifs is 2. The zero-order chi connectivity index (χ0) is 15.8. The van der Waals surface area contributed by atoms with Crippen molar-refractivity contribution in [3.8, 4) is 0 Å². The lowest BCUT2D eigenvalue weighted by Crippen LogP contribution is -2.12. The highest BCUT2D eigenvalue weighted by Crippen LogP contribution is 2.21. The third-order valence-electron chi connectivity index (χ3n) is 3.53. The van der Waals surface area contributed by atoms with Gasteiger partial charge in [-0.05, 0) is 24.3 Å². The summed E-state index contributed by atoms with van der Waals surface area (Å²) in [7, 11) is 0. The van der Waals surface area contributed by atoms with Crippen LogP contribution in [0.5, 0.6) is 0 Å². The third kappa shape index (κ3) is 2.40. The Balaban J connectivity index is 1.70. The number of amides is 1. The van der Waals surface area contributed by atoms with Gasteiger partial charge >= 0.3 is 0 Å². The molecule has 0 aliphatic heterocycles. The zero-order valence-corrected chi connectivity index (χ0v) is 11.9. The molecule has 0 unspecified atom stereocenters. The number of hydrogen-bond donors (Lipinski definition) is 1. The SMILES string of the molecule is O=C(Nc1cccc2cccnc12)c1cn2cc(F)ccc2n1. The minimum absolute atomic E-state index is 0.212. The maximum absolute atomic E-state index is 13.2. The third-order valence-corrected chi connectivity index (χ3v) is 3.53. The first-order valence-electron chi connectivity index (χ1n) is 7.00. The lowest BCUT2D eigenvalue weighted by Gasteiger charge is -2.06. The first kappa shape index (κ1) is 13.4. The van der Waals surface area contributed by atoms with Crippen LogP contribution in [0.25, 0.3) is 16.6 Å². The maximum Gasteiger partial charge on any atom is 0.275 e. The minimum atomic E-state index is -0.389. The maximum atomic E-state index is 13.2. The zero-order valence-electron chi connectivity index (χ0n) is 11.9. The van der Waals surface area contributed by atoms with E-state index in [4.69, 9.17) is 0 Å². The van der Waals surface area contributed by atoms with Crippen LogP contribution in [0.2, 0.25) is 0 Å². The molecule has 4 rings (SSSR count). The number of nitrogens with zero attached hydrogens (tertiary/aromatic N) is 3. The van der Waals surface area contributed by atoms with E-state index in [0.717, 1.165) is 5.39 Å². The number of carbonyl (C=O) groups excluding carboxylic acids is 1. The van der Waals surface area contributed by atoms with Crippen molar-refractivity contribution >= 4 is 28.1 Å². The summed E-state index contributed by atoms with van der Waals surface area (Å²) in [6, 6.07) is 12.1. The van der Waals surface area contributed by atoms with Gasteiger partial charge in [-0.2, -0.15) is 0 Å².